The van der Waals surface area contributed by atoms with E-state index in [-0.39, 0.29) is 24.8 Å². The molecule has 0 saturated carbocycles. The van der Waals surface area contributed by atoms with Crippen LogP contribution in [-0.4, -0.2) is 29.2 Å². The molecule has 2 rings (SSSR count). The molecule has 0 spiro atoms. The quantitative estimate of drug-likeness (QED) is 0.809. The second-order valence-electron chi connectivity index (χ2n) is 5.69. The number of hydrogen-bond donors (Lipinski definition) is 2. The Labute approximate surface area is 146 Å². The maximum Gasteiger partial charge on any atom is 0.254 e. The Hall–Kier alpha value is -3.15. The molecule has 0 radical (unpaired) electrons. The first-order valence-corrected chi connectivity index (χ1v) is 7.95. The van der Waals surface area contributed by atoms with Crippen molar-refractivity contribution in [1.29, 1.82) is 0 Å². The summed E-state index contributed by atoms with van der Waals surface area (Å²) in [5.74, 6) is -0.822. The van der Waals surface area contributed by atoms with Crippen LogP contribution in [0.15, 0.2) is 54.6 Å². The van der Waals surface area contributed by atoms with Gasteiger partial charge in [0.05, 0.1) is 0 Å². The van der Waals surface area contributed by atoms with Crippen molar-refractivity contribution in [3.63, 3.8) is 0 Å². The van der Waals surface area contributed by atoms with Gasteiger partial charge in [0.25, 0.3) is 5.91 Å². The van der Waals surface area contributed by atoms with E-state index in [9.17, 15) is 14.4 Å². The van der Waals surface area contributed by atoms with E-state index in [2.05, 4.69) is 5.32 Å². The first-order chi connectivity index (χ1) is 12.0. The van der Waals surface area contributed by atoms with Crippen molar-refractivity contribution >= 4 is 23.4 Å². The third-order valence-electron chi connectivity index (χ3n) is 3.58. The third kappa shape index (κ3) is 5.76. The molecule has 6 nitrogen and oxygen atoms in total. The molecule has 0 aromatic heterocycles. The lowest BCUT2D eigenvalue weighted by Gasteiger charge is -2.22. The molecule has 0 atom stereocenters. The van der Waals surface area contributed by atoms with Crippen LogP contribution in [0.4, 0.5) is 5.69 Å². The molecule has 0 aliphatic carbocycles. The number of amides is 3. The third-order valence-corrected chi connectivity index (χ3v) is 3.58. The molecular weight excluding hydrogens is 318 g/mol. The van der Waals surface area contributed by atoms with Crippen molar-refractivity contribution in [2.24, 2.45) is 5.73 Å². The van der Waals surface area contributed by atoms with E-state index in [0.29, 0.717) is 17.8 Å². The Balaban J connectivity index is 2.15. The van der Waals surface area contributed by atoms with Gasteiger partial charge in [-0.1, -0.05) is 30.3 Å². The molecule has 2 aromatic rings. The average molecular weight is 339 g/mol. The molecule has 130 valence electrons. The van der Waals surface area contributed by atoms with E-state index in [1.807, 2.05) is 30.3 Å². The first kappa shape index (κ1) is 18.2. The molecule has 0 aliphatic rings. The van der Waals surface area contributed by atoms with Crippen molar-refractivity contribution < 1.29 is 14.4 Å². The minimum absolute atomic E-state index is 0.0998. The molecule has 3 N–H and O–H groups in total. The predicted octanol–water partition coefficient (Wildman–Crippen LogP) is 2.16. The van der Waals surface area contributed by atoms with Gasteiger partial charge in [-0.15, -0.1) is 0 Å². The summed E-state index contributed by atoms with van der Waals surface area (Å²) in [6.45, 7) is 2.06. The topological polar surface area (TPSA) is 92.5 Å². The van der Waals surface area contributed by atoms with Crippen LogP contribution in [0.25, 0.3) is 0 Å². The summed E-state index contributed by atoms with van der Waals surface area (Å²) in [4.78, 5) is 36.5. The molecule has 0 saturated heterocycles. The van der Waals surface area contributed by atoms with Gasteiger partial charge in [-0.05, 0) is 29.8 Å². The number of carbonyl (C=O) groups is 3. The number of nitrogens with two attached hydrogens (primary N) is 1. The molecule has 0 heterocycles. The minimum atomic E-state index is -0.452. The number of benzene rings is 2. The lowest BCUT2D eigenvalue weighted by molar-refractivity contribution is -0.118. The van der Waals surface area contributed by atoms with E-state index >= 15 is 0 Å². The highest BCUT2D eigenvalue weighted by atomic mass is 16.2. The summed E-state index contributed by atoms with van der Waals surface area (Å²) in [5.41, 5.74) is 7.29. The van der Waals surface area contributed by atoms with E-state index in [4.69, 9.17) is 5.73 Å². The standard InChI is InChI=1S/C19H21N3O3/c1-14(23)21-17-9-7-16(8-10-17)19(25)22(12-11-18(20)24)13-15-5-3-2-4-6-15/h2-10H,11-13H2,1H3,(H2,20,24)(H,21,23). The van der Waals surface area contributed by atoms with Crippen molar-refractivity contribution in [2.45, 2.75) is 19.9 Å². The molecular formula is C19H21N3O3. The van der Waals surface area contributed by atoms with Crippen molar-refractivity contribution in [1.82, 2.24) is 4.90 Å². The van der Waals surface area contributed by atoms with E-state index < -0.39 is 5.91 Å². The number of nitrogens with one attached hydrogen (secondary N) is 1. The van der Waals surface area contributed by atoms with Crippen LogP contribution in [0.2, 0.25) is 0 Å². The number of primary amides is 1. The van der Waals surface area contributed by atoms with Gasteiger partial charge in [-0.2, -0.15) is 0 Å². The summed E-state index contributed by atoms with van der Waals surface area (Å²) in [7, 11) is 0. The Morgan fingerprint density at radius 3 is 2.20 bits per heavy atom. The Bertz CT molecular complexity index is 742. The maximum absolute atomic E-state index is 12.8. The van der Waals surface area contributed by atoms with Crippen LogP contribution in [-0.2, 0) is 16.1 Å². The van der Waals surface area contributed by atoms with Gasteiger partial charge in [-0.3, -0.25) is 14.4 Å². The van der Waals surface area contributed by atoms with Gasteiger partial charge in [0.15, 0.2) is 0 Å². The van der Waals surface area contributed by atoms with Crippen molar-refractivity contribution in [2.75, 3.05) is 11.9 Å². The highest BCUT2D eigenvalue weighted by Crippen LogP contribution is 2.14. The highest BCUT2D eigenvalue weighted by molar-refractivity contribution is 5.95. The Kier molecular flexibility index (Phi) is 6.28. The molecule has 6 heteroatoms. The fourth-order valence-corrected chi connectivity index (χ4v) is 2.38. The van der Waals surface area contributed by atoms with Gasteiger partial charge in [-0.25, -0.2) is 0 Å². The number of nitrogens with zero attached hydrogens (tertiary/aromatic N) is 1. The van der Waals surface area contributed by atoms with E-state index in [1.54, 1.807) is 29.2 Å². The SMILES string of the molecule is CC(=O)Nc1ccc(C(=O)N(CCC(N)=O)Cc2ccccc2)cc1. The zero-order chi connectivity index (χ0) is 18.2. The van der Waals surface area contributed by atoms with Gasteiger partial charge in [0, 0.05) is 37.7 Å². The van der Waals surface area contributed by atoms with Gasteiger partial charge < -0.3 is 16.0 Å². The summed E-state index contributed by atoms with van der Waals surface area (Å²) in [6.07, 6.45) is 0.0998. The smallest absolute Gasteiger partial charge is 0.254 e. The Morgan fingerprint density at radius 2 is 1.64 bits per heavy atom. The van der Waals surface area contributed by atoms with Crippen molar-refractivity contribution in [3.05, 3.63) is 65.7 Å². The fraction of sp³-hybridized carbons (Fsp3) is 0.211. The summed E-state index contributed by atoms with van der Waals surface area (Å²) in [6, 6.07) is 16.2. The van der Waals surface area contributed by atoms with Gasteiger partial charge in [0.1, 0.15) is 0 Å². The first-order valence-electron chi connectivity index (χ1n) is 7.95. The lowest BCUT2D eigenvalue weighted by Crippen LogP contribution is -2.33. The van der Waals surface area contributed by atoms with E-state index in [0.717, 1.165) is 5.56 Å². The fourth-order valence-electron chi connectivity index (χ4n) is 2.38. The summed E-state index contributed by atoms with van der Waals surface area (Å²) in [5, 5.41) is 2.66. The summed E-state index contributed by atoms with van der Waals surface area (Å²) < 4.78 is 0. The average Bonchev–Trinajstić information content (AvgIpc) is 2.59. The zero-order valence-corrected chi connectivity index (χ0v) is 14.1. The lowest BCUT2D eigenvalue weighted by atomic mass is 10.1. The van der Waals surface area contributed by atoms with Crippen LogP contribution < -0.4 is 11.1 Å². The van der Waals surface area contributed by atoms with E-state index in [1.165, 1.54) is 6.92 Å². The largest absolute Gasteiger partial charge is 0.370 e. The van der Waals surface area contributed by atoms with Gasteiger partial charge in [0.2, 0.25) is 11.8 Å². The number of anilines is 1. The summed E-state index contributed by atoms with van der Waals surface area (Å²) >= 11 is 0. The number of hydrogen-bond acceptors (Lipinski definition) is 3. The maximum atomic E-state index is 12.8. The monoisotopic (exact) mass is 339 g/mol. The molecule has 0 aliphatic heterocycles. The molecule has 0 fully saturated rings. The van der Waals surface area contributed by atoms with Gasteiger partial charge >= 0.3 is 0 Å². The molecule has 25 heavy (non-hydrogen) atoms. The minimum Gasteiger partial charge on any atom is -0.370 e. The normalized spacial score (nSPS) is 10.1. The van der Waals surface area contributed by atoms with Crippen LogP contribution in [0, 0.1) is 0 Å². The van der Waals surface area contributed by atoms with Crippen LogP contribution in [0.1, 0.15) is 29.3 Å². The molecule has 2 aromatic carbocycles. The van der Waals surface area contributed by atoms with Crippen molar-refractivity contribution in [3.8, 4) is 0 Å². The number of carbonyl (C=O) groups excluding carboxylic acids is 3. The number of rotatable bonds is 7. The highest BCUT2D eigenvalue weighted by Gasteiger charge is 2.17. The van der Waals surface area contributed by atoms with Crippen LogP contribution >= 0.6 is 0 Å². The molecule has 0 bridgehead atoms. The van der Waals surface area contributed by atoms with Crippen LogP contribution in [0.5, 0.6) is 0 Å². The zero-order valence-electron chi connectivity index (χ0n) is 14.1. The molecule has 3 amide bonds. The Morgan fingerprint density at radius 1 is 1.00 bits per heavy atom. The predicted molar refractivity (Wildman–Crippen MR) is 95.7 cm³/mol. The second kappa shape index (κ2) is 8.63. The second-order valence-corrected chi connectivity index (χ2v) is 5.69. The van der Waals surface area contributed by atoms with Crippen LogP contribution in [0.3, 0.4) is 0 Å². The molecule has 0 unspecified atom stereocenters.